The number of thioether (sulfide) groups is 1. The van der Waals surface area contributed by atoms with Crippen LogP contribution in [-0.4, -0.2) is 67.6 Å². The van der Waals surface area contributed by atoms with Gasteiger partial charge in [0.1, 0.15) is 11.6 Å². The summed E-state index contributed by atoms with van der Waals surface area (Å²) in [5, 5.41) is 3.88. The lowest BCUT2D eigenvalue weighted by atomic mass is 10.1. The molecule has 3 rings (SSSR count). The zero-order valence-electron chi connectivity index (χ0n) is 14.6. The maximum Gasteiger partial charge on any atom is 0.320 e. The van der Waals surface area contributed by atoms with E-state index in [0.29, 0.717) is 31.7 Å². The van der Waals surface area contributed by atoms with E-state index in [1.165, 1.54) is 13.4 Å². The molecule has 25 heavy (non-hydrogen) atoms. The number of hydrogen-bond acceptors (Lipinski definition) is 7. The first kappa shape index (κ1) is 17.7. The topological polar surface area (TPSA) is 89.7 Å². The predicted octanol–water partition coefficient (Wildman–Crippen LogP) is 0.791. The minimum atomic E-state index is -0.292. The third kappa shape index (κ3) is 3.60. The number of methoxy groups -OCH3 is 1. The van der Waals surface area contributed by atoms with Crippen LogP contribution in [0.4, 0.5) is 0 Å². The van der Waals surface area contributed by atoms with E-state index < -0.39 is 0 Å². The average Bonchev–Trinajstić information content (AvgIpc) is 3.09. The SMILES string of the molecule is COC(=O)[C@H]1CN(C(=O)CCc2c(C)nc3ncnn3c2C)CCS1. The molecule has 2 aromatic rings. The summed E-state index contributed by atoms with van der Waals surface area (Å²) in [5.74, 6) is 1.09. The number of aryl methyl sites for hydroxylation is 2. The molecule has 0 saturated carbocycles. The first-order valence-corrected chi connectivity index (χ1v) is 9.19. The zero-order chi connectivity index (χ0) is 18.0. The molecule has 0 unspecified atom stereocenters. The molecule has 1 amide bonds. The van der Waals surface area contributed by atoms with Crippen molar-refractivity contribution in [2.24, 2.45) is 0 Å². The van der Waals surface area contributed by atoms with E-state index in [1.807, 2.05) is 13.8 Å². The molecule has 0 spiro atoms. The number of carbonyl (C=O) groups is 2. The van der Waals surface area contributed by atoms with Crippen molar-refractivity contribution in [3.05, 3.63) is 23.3 Å². The highest BCUT2D eigenvalue weighted by atomic mass is 32.2. The number of esters is 1. The second-order valence-corrected chi connectivity index (χ2v) is 7.27. The molecule has 3 heterocycles. The third-order valence-corrected chi connectivity index (χ3v) is 5.62. The van der Waals surface area contributed by atoms with Gasteiger partial charge in [0, 0.05) is 36.7 Å². The summed E-state index contributed by atoms with van der Waals surface area (Å²) in [6, 6.07) is 0. The molecule has 8 nitrogen and oxygen atoms in total. The van der Waals surface area contributed by atoms with Gasteiger partial charge in [0.15, 0.2) is 0 Å². The molecular weight excluding hydrogens is 342 g/mol. The Bertz CT molecular complexity index is 806. The molecular formula is C16H21N5O3S. The molecule has 134 valence electrons. The number of ether oxygens (including phenoxy) is 1. The van der Waals surface area contributed by atoms with Crippen molar-refractivity contribution in [1.82, 2.24) is 24.5 Å². The van der Waals surface area contributed by atoms with Gasteiger partial charge in [0.2, 0.25) is 5.91 Å². The molecule has 0 aromatic carbocycles. The summed E-state index contributed by atoms with van der Waals surface area (Å²) in [4.78, 5) is 34.6. The van der Waals surface area contributed by atoms with Gasteiger partial charge >= 0.3 is 5.97 Å². The molecule has 1 saturated heterocycles. The van der Waals surface area contributed by atoms with Crippen molar-refractivity contribution in [1.29, 1.82) is 0 Å². The van der Waals surface area contributed by atoms with Crippen molar-refractivity contribution < 1.29 is 14.3 Å². The lowest BCUT2D eigenvalue weighted by molar-refractivity contribution is -0.141. The van der Waals surface area contributed by atoms with E-state index in [1.54, 1.807) is 21.2 Å². The Labute approximate surface area is 150 Å². The van der Waals surface area contributed by atoms with Crippen LogP contribution in [0, 0.1) is 13.8 Å². The third-order valence-electron chi connectivity index (χ3n) is 4.46. The normalized spacial score (nSPS) is 17.7. The van der Waals surface area contributed by atoms with Crippen LogP contribution >= 0.6 is 11.8 Å². The number of fused-ring (bicyclic) bond motifs is 1. The Hall–Kier alpha value is -2.16. The summed E-state index contributed by atoms with van der Waals surface area (Å²) in [7, 11) is 1.38. The Balaban J connectivity index is 1.67. The van der Waals surface area contributed by atoms with Gasteiger partial charge in [-0.2, -0.15) is 10.1 Å². The summed E-state index contributed by atoms with van der Waals surface area (Å²) in [5.41, 5.74) is 2.84. The van der Waals surface area contributed by atoms with Crippen LogP contribution in [0.1, 0.15) is 23.4 Å². The van der Waals surface area contributed by atoms with Crippen molar-refractivity contribution in [3.63, 3.8) is 0 Å². The van der Waals surface area contributed by atoms with E-state index >= 15 is 0 Å². The molecule has 9 heteroatoms. The predicted molar refractivity (Wildman–Crippen MR) is 93.4 cm³/mol. The molecule has 1 aliphatic rings. The second kappa shape index (κ2) is 7.38. The van der Waals surface area contributed by atoms with Crippen LogP contribution in [0.15, 0.2) is 6.33 Å². The number of aromatic nitrogens is 4. The summed E-state index contributed by atoms with van der Waals surface area (Å²) < 4.78 is 6.48. The molecule has 0 radical (unpaired) electrons. The van der Waals surface area contributed by atoms with Gasteiger partial charge in [-0.1, -0.05) is 0 Å². The van der Waals surface area contributed by atoms with Crippen molar-refractivity contribution >= 4 is 29.4 Å². The maximum atomic E-state index is 12.6. The minimum Gasteiger partial charge on any atom is -0.468 e. The van der Waals surface area contributed by atoms with E-state index in [4.69, 9.17) is 4.74 Å². The van der Waals surface area contributed by atoms with Crippen molar-refractivity contribution in [3.8, 4) is 0 Å². The summed E-state index contributed by atoms with van der Waals surface area (Å²) >= 11 is 1.54. The van der Waals surface area contributed by atoms with Gasteiger partial charge in [0.25, 0.3) is 5.78 Å². The maximum absolute atomic E-state index is 12.6. The van der Waals surface area contributed by atoms with Gasteiger partial charge in [-0.05, 0) is 25.8 Å². The lowest BCUT2D eigenvalue weighted by Crippen LogP contribution is -2.45. The highest BCUT2D eigenvalue weighted by molar-refractivity contribution is 8.00. The highest BCUT2D eigenvalue weighted by Gasteiger charge is 2.29. The first-order valence-electron chi connectivity index (χ1n) is 8.14. The van der Waals surface area contributed by atoms with Gasteiger partial charge < -0.3 is 9.64 Å². The van der Waals surface area contributed by atoms with Crippen LogP contribution < -0.4 is 0 Å². The number of carbonyl (C=O) groups excluding carboxylic acids is 2. The lowest BCUT2D eigenvalue weighted by Gasteiger charge is -2.31. The van der Waals surface area contributed by atoms with Gasteiger partial charge in [-0.25, -0.2) is 9.50 Å². The molecule has 0 N–H and O–H groups in total. The molecule has 1 fully saturated rings. The van der Waals surface area contributed by atoms with Crippen LogP contribution in [0.5, 0.6) is 0 Å². The van der Waals surface area contributed by atoms with Gasteiger partial charge in [-0.3, -0.25) is 9.59 Å². The number of hydrogen-bond donors (Lipinski definition) is 0. The van der Waals surface area contributed by atoms with Crippen LogP contribution in [0.25, 0.3) is 5.78 Å². The Morgan fingerprint density at radius 2 is 2.20 bits per heavy atom. The number of rotatable bonds is 4. The van der Waals surface area contributed by atoms with Crippen molar-refractivity contribution in [2.75, 3.05) is 26.0 Å². The van der Waals surface area contributed by atoms with E-state index in [2.05, 4.69) is 15.1 Å². The van der Waals surface area contributed by atoms with Crippen molar-refractivity contribution in [2.45, 2.75) is 31.9 Å². The van der Waals surface area contributed by atoms with Gasteiger partial charge in [0.05, 0.1) is 7.11 Å². The molecule has 1 aliphatic heterocycles. The van der Waals surface area contributed by atoms with E-state index in [0.717, 1.165) is 22.7 Å². The Kier molecular flexibility index (Phi) is 5.22. The fraction of sp³-hybridized carbons (Fsp3) is 0.562. The fourth-order valence-corrected chi connectivity index (χ4v) is 4.19. The van der Waals surface area contributed by atoms with E-state index in [-0.39, 0.29) is 17.1 Å². The van der Waals surface area contributed by atoms with Crippen LogP contribution in [0.2, 0.25) is 0 Å². The molecule has 0 bridgehead atoms. The monoisotopic (exact) mass is 363 g/mol. The standard InChI is InChI=1S/C16H21N5O3S/c1-10-12(11(2)21-16(19-10)17-9-18-21)4-5-14(22)20-6-7-25-13(8-20)15(23)24-3/h9,13H,4-8H2,1-3H3/t13-/m1/s1. The minimum absolute atomic E-state index is 0.0479. The highest BCUT2D eigenvalue weighted by Crippen LogP contribution is 2.21. The molecule has 0 aliphatic carbocycles. The second-order valence-electron chi connectivity index (χ2n) is 5.96. The molecule has 2 aromatic heterocycles. The first-order chi connectivity index (χ1) is 12.0. The fourth-order valence-electron chi connectivity index (χ4n) is 3.06. The number of amides is 1. The van der Waals surface area contributed by atoms with Crippen LogP contribution in [-0.2, 0) is 20.7 Å². The average molecular weight is 363 g/mol. The van der Waals surface area contributed by atoms with Crippen LogP contribution in [0.3, 0.4) is 0 Å². The molecule has 1 atom stereocenters. The summed E-state index contributed by atoms with van der Waals surface area (Å²) in [6.45, 7) is 4.96. The largest absolute Gasteiger partial charge is 0.468 e. The van der Waals surface area contributed by atoms with Gasteiger partial charge in [-0.15, -0.1) is 11.8 Å². The Morgan fingerprint density at radius 3 is 2.96 bits per heavy atom. The van der Waals surface area contributed by atoms with E-state index in [9.17, 15) is 9.59 Å². The Morgan fingerprint density at radius 1 is 1.40 bits per heavy atom. The quantitative estimate of drug-likeness (QED) is 0.742. The smallest absolute Gasteiger partial charge is 0.320 e. The zero-order valence-corrected chi connectivity index (χ0v) is 15.4. The summed E-state index contributed by atoms with van der Waals surface area (Å²) in [6.07, 6.45) is 2.44. The number of nitrogens with zero attached hydrogens (tertiary/aromatic N) is 5.